The molecule has 2 saturated heterocycles. The van der Waals surface area contributed by atoms with Gasteiger partial charge >= 0.3 is 29.3 Å². The maximum atomic E-state index is 13.5. The van der Waals surface area contributed by atoms with Crippen molar-refractivity contribution in [3.8, 4) is 0 Å². The number of H-pyrrole nitrogens is 1. The molecule has 4 rings (SSSR count). The Balaban J connectivity index is 0.000000247. The minimum atomic E-state index is -0.918. The van der Waals surface area contributed by atoms with Gasteiger partial charge in [0.05, 0.1) is 24.6 Å². The van der Waals surface area contributed by atoms with Crippen LogP contribution in [0.4, 0.5) is 20.4 Å². The highest BCUT2D eigenvalue weighted by Crippen LogP contribution is 2.35. The molecular weight excluding hydrogens is 594 g/mol. The van der Waals surface area contributed by atoms with E-state index in [-0.39, 0.29) is 29.9 Å². The van der Waals surface area contributed by atoms with Crippen molar-refractivity contribution in [2.75, 3.05) is 11.5 Å². The van der Waals surface area contributed by atoms with E-state index >= 15 is 0 Å². The van der Waals surface area contributed by atoms with Crippen molar-refractivity contribution in [2.45, 2.75) is 85.4 Å². The fourth-order valence-electron chi connectivity index (χ4n) is 4.10. The number of ether oxygens (including phenoxy) is 5. The van der Waals surface area contributed by atoms with Crippen molar-refractivity contribution < 1.29 is 46.8 Å². The van der Waals surface area contributed by atoms with Crippen molar-refractivity contribution in [3.63, 3.8) is 0 Å². The number of rotatable bonds is 4. The van der Waals surface area contributed by atoms with Gasteiger partial charge in [-0.05, 0) is 13.8 Å². The number of carbonyl (C=O) groups excluding carboxylic acids is 3. The Kier molecular flexibility index (Phi) is 12.5. The van der Waals surface area contributed by atoms with Crippen molar-refractivity contribution in [3.05, 3.63) is 45.0 Å². The number of aromatic nitrogens is 4. The third kappa shape index (κ3) is 9.53. The van der Waals surface area contributed by atoms with Crippen molar-refractivity contribution in [1.82, 2.24) is 19.5 Å². The molecule has 4 heterocycles. The second-order valence-corrected chi connectivity index (χ2v) is 10.0. The SMILES string of the molecule is CC(=O)OC1C(C)C(C)OC1n1cc(F)c(N)nc1=O.CC(=O)OC1OC(C)C(C)C1OC(C)=O.Nc1[nH]c(=O)ncc1F. The molecule has 2 aromatic rings. The number of hydrogen-bond donors (Lipinski definition) is 3. The van der Waals surface area contributed by atoms with Crippen molar-refractivity contribution in [1.29, 1.82) is 0 Å². The van der Waals surface area contributed by atoms with Gasteiger partial charge in [-0.15, -0.1) is 0 Å². The number of anilines is 2. The maximum absolute atomic E-state index is 13.5. The van der Waals surface area contributed by atoms with Gasteiger partial charge in [0.1, 0.15) is 5.82 Å². The van der Waals surface area contributed by atoms with Gasteiger partial charge in [0, 0.05) is 32.6 Å². The number of nitrogen functional groups attached to an aromatic ring is 2. The second-order valence-electron chi connectivity index (χ2n) is 10.0. The van der Waals surface area contributed by atoms with E-state index in [1.54, 1.807) is 6.92 Å². The number of nitrogens with zero attached hydrogens (tertiary/aromatic N) is 3. The van der Waals surface area contributed by atoms with E-state index in [0.29, 0.717) is 0 Å². The van der Waals surface area contributed by atoms with Crippen LogP contribution in [-0.2, 0) is 38.1 Å². The summed E-state index contributed by atoms with van der Waals surface area (Å²) < 4.78 is 52.7. The molecule has 2 aromatic heterocycles. The van der Waals surface area contributed by atoms with E-state index in [2.05, 4.69) is 9.97 Å². The average molecular weight is 631 g/mol. The van der Waals surface area contributed by atoms with Crippen LogP contribution in [0, 0.1) is 23.5 Å². The summed E-state index contributed by atoms with van der Waals surface area (Å²) in [7, 11) is 0. The first-order valence-corrected chi connectivity index (χ1v) is 13.3. The highest BCUT2D eigenvalue weighted by molar-refractivity contribution is 5.67. The number of carbonyl (C=O) groups is 3. The Morgan fingerprint density at radius 3 is 1.91 bits per heavy atom. The molecule has 2 fully saturated rings. The number of nitrogens with two attached hydrogens (primary N) is 2. The zero-order chi connectivity index (χ0) is 33.5. The lowest BCUT2D eigenvalue weighted by Crippen LogP contribution is -2.36. The van der Waals surface area contributed by atoms with Crippen LogP contribution in [0.1, 0.15) is 54.7 Å². The first-order valence-electron chi connectivity index (χ1n) is 13.3. The molecule has 5 N–H and O–H groups in total. The molecule has 0 aromatic carbocycles. The molecule has 44 heavy (non-hydrogen) atoms. The lowest BCUT2D eigenvalue weighted by atomic mass is 10.0. The fourth-order valence-corrected chi connectivity index (χ4v) is 4.10. The van der Waals surface area contributed by atoms with E-state index in [4.69, 9.17) is 35.2 Å². The lowest BCUT2D eigenvalue weighted by Gasteiger charge is -2.22. The van der Waals surface area contributed by atoms with Crippen LogP contribution in [0.25, 0.3) is 0 Å². The van der Waals surface area contributed by atoms with Crippen LogP contribution < -0.4 is 22.8 Å². The van der Waals surface area contributed by atoms with Crippen LogP contribution in [0.15, 0.2) is 22.0 Å². The van der Waals surface area contributed by atoms with Gasteiger partial charge in [0.25, 0.3) is 0 Å². The number of esters is 3. The Morgan fingerprint density at radius 1 is 0.864 bits per heavy atom. The van der Waals surface area contributed by atoms with E-state index < -0.39 is 71.5 Å². The third-order valence-corrected chi connectivity index (χ3v) is 6.66. The normalized spacial score (nSPS) is 27.2. The maximum Gasteiger partial charge on any atom is 0.351 e. The Labute approximate surface area is 250 Å². The molecule has 2 aliphatic rings. The second kappa shape index (κ2) is 15.3. The van der Waals surface area contributed by atoms with Crippen LogP contribution in [0.3, 0.4) is 0 Å². The first-order chi connectivity index (χ1) is 20.4. The summed E-state index contributed by atoms with van der Waals surface area (Å²) in [6.45, 7) is 11.2. The lowest BCUT2D eigenvalue weighted by molar-refractivity contribution is -0.193. The first kappa shape index (κ1) is 35.7. The molecule has 0 aliphatic carbocycles. The number of halogens is 2. The van der Waals surface area contributed by atoms with Gasteiger partial charge in [-0.1, -0.05) is 13.8 Å². The van der Waals surface area contributed by atoms with Gasteiger partial charge in [0.2, 0.25) is 6.29 Å². The number of hydrogen-bond acceptors (Lipinski definition) is 14. The Hall–Kier alpha value is -4.45. The van der Waals surface area contributed by atoms with Gasteiger partial charge < -0.3 is 35.2 Å². The molecule has 16 nitrogen and oxygen atoms in total. The largest absolute Gasteiger partial charge is 0.457 e. The van der Waals surface area contributed by atoms with Gasteiger partial charge in [0.15, 0.2) is 35.9 Å². The molecule has 244 valence electrons. The topological polar surface area (TPSA) is 230 Å². The predicted molar refractivity (Wildman–Crippen MR) is 147 cm³/mol. The standard InChI is InChI=1S/C12H16FN3O4.C10H16O5.C4H4FN3O/c1-5-6(2)19-11(9(5)20-7(3)17)16-4-8(13)10(14)15-12(16)18;1-5-6(2)13-10(15-8(4)12)9(5)14-7(3)11;5-2-1-7-4(9)8-3(2)6/h4-6,9,11H,1-3H3,(H2,14,15,18);5-6,9-10H,1-4H3;1H,(H3,6,7,8,9). The van der Waals surface area contributed by atoms with Gasteiger partial charge in [-0.2, -0.15) is 9.97 Å². The molecule has 0 radical (unpaired) electrons. The predicted octanol–water partition coefficient (Wildman–Crippen LogP) is 0.803. The molecule has 0 bridgehead atoms. The van der Waals surface area contributed by atoms with Crippen LogP contribution in [-0.4, -0.2) is 68.1 Å². The molecular formula is C26H36F2N6O10. The summed E-state index contributed by atoms with van der Waals surface area (Å²) >= 11 is 0. The number of aromatic amines is 1. The number of nitrogens with one attached hydrogen (secondary N) is 1. The Bertz CT molecular complexity index is 1450. The smallest absolute Gasteiger partial charge is 0.351 e. The zero-order valence-corrected chi connectivity index (χ0v) is 25.1. The van der Waals surface area contributed by atoms with Gasteiger partial charge in [-0.3, -0.25) is 23.9 Å². The minimum absolute atomic E-state index is 0.0123. The molecule has 0 amide bonds. The van der Waals surface area contributed by atoms with E-state index in [9.17, 15) is 32.8 Å². The average Bonchev–Trinajstić information content (AvgIpc) is 3.33. The molecule has 0 saturated carbocycles. The van der Waals surface area contributed by atoms with Crippen molar-refractivity contribution in [2.24, 2.45) is 11.8 Å². The van der Waals surface area contributed by atoms with E-state index in [1.165, 1.54) is 20.8 Å². The summed E-state index contributed by atoms with van der Waals surface area (Å²) in [6, 6.07) is 0. The minimum Gasteiger partial charge on any atom is -0.457 e. The monoisotopic (exact) mass is 630 g/mol. The van der Waals surface area contributed by atoms with Crippen LogP contribution in [0.2, 0.25) is 0 Å². The zero-order valence-electron chi connectivity index (χ0n) is 25.1. The third-order valence-electron chi connectivity index (χ3n) is 6.66. The summed E-state index contributed by atoms with van der Waals surface area (Å²) in [5.41, 5.74) is 8.78. The molecule has 18 heteroatoms. The highest BCUT2D eigenvalue weighted by Gasteiger charge is 2.45. The molecule has 8 atom stereocenters. The summed E-state index contributed by atoms with van der Waals surface area (Å²) in [5.74, 6) is -3.78. The quantitative estimate of drug-likeness (QED) is 0.314. The highest BCUT2D eigenvalue weighted by atomic mass is 19.1. The Morgan fingerprint density at radius 2 is 1.39 bits per heavy atom. The molecule has 0 spiro atoms. The summed E-state index contributed by atoms with van der Waals surface area (Å²) in [4.78, 5) is 63.3. The van der Waals surface area contributed by atoms with E-state index in [1.807, 2.05) is 25.8 Å². The molecule has 8 unspecified atom stereocenters. The van der Waals surface area contributed by atoms with Crippen LogP contribution >= 0.6 is 0 Å². The molecule has 2 aliphatic heterocycles. The van der Waals surface area contributed by atoms with E-state index in [0.717, 1.165) is 17.0 Å². The summed E-state index contributed by atoms with van der Waals surface area (Å²) in [5, 5.41) is 0. The van der Waals surface area contributed by atoms with Crippen molar-refractivity contribution >= 4 is 29.5 Å². The fraction of sp³-hybridized carbons (Fsp3) is 0.577. The van der Waals surface area contributed by atoms with Crippen LogP contribution in [0.5, 0.6) is 0 Å². The van der Waals surface area contributed by atoms with Gasteiger partial charge in [-0.25, -0.2) is 18.4 Å². The summed E-state index contributed by atoms with van der Waals surface area (Å²) in [6.07, 6.45) is -1.57.